The first kappa shape index (κ1) is 31.5. The number of sulfonamides is 1. The third-order valence-corrected chi connectivity index (χ3v) is 9.13. The van der Waals surface area contributed by atoms with Crippen LogP contribution in [0.15, 0.2) is 48.7 Å². The van der Waals surface area contributed by atoms with Crippen LogP contribution in [0.5, 0.6) is 0 Å². The fourth-order valence-corrected chi connectivity index (χ4v) is 6.87. The molecule has 236 valence electrons. The smallest absolute Gasteiger partial charge is 0.330 e. The van der Waals surface area contributed by atoms with Gasteiger partial charge in [0, 0.05) is 42.0 Å². The number of carbonyl (C=O) groups is 1. The molecule has 1 saturated carbocycles. The van der Waals surface area contributed by atoms with Gasteiger partial charge in [-0.15, -0.1) is 0 Å². The molecule has 1 fully saturated rings. The summed E-state index contributed by atoms with van der Waals surface area (Å²) in [7, 11) is -0.252. The average molecular weight is 632 g/mol. The van der Waals surface area contributed by atoms with E-state index in [0.717, 1.165) is 24.6 Å². The maximum absolute atomic E-state index is 15.2. The summed E-state index contributed by atoms with van der Waals surface area (Å²) in [6, 6.07) is 7.76. The van der Waals surface area contributed by atoms with Crippen molar-refractivity contribution >= 4 is 39.2 Å². The molecule has 10 nitrogen and oxygen atoms in total. The molecule has 2 aromatic carbocycles. The van der Waals surface area contributed by atoms with Crippen LogP contribution in [0.25, 0.3) is 0 Å². The van der Waals surface area contributed by atoms with E-state index >= 15 is 4.39 Å². The van der Waals surface area contributed by atoms with Gasteiger partial charge >= 0.3 is 6.03 Å². The summed E-state index contributed by atoms with van der Waals surface area (Å²) in [6.45, 7) is 3.72. The molecule has 0 bridgehead atoms. The van der Waals surface area contributed by atoms with Crippen LogP contribution in [-0.4, -0.2) is 67.7 Å². The molecule has 1 aliphatic carbocycles. The van der Waals surface area contributed by atoms with E-state index in [-0.39, 0.29) is 36.0 Å². The van der Waals surface area contributed by atoms with E-state index in [1.54, 1.807) is 6.20 Å². The Bertz CT molecular complexity index is 1620. The lowest BCUT2D eigenvalue weighted by Gasteiger charge is -2.38. The lowest BCUT2D eigenvalue weighted by Crippen LogP contribution is -2.51. The first-order valence-corrected chi connectivity index (χ1v) is 16.0. The second kappa shape index (κ2) is 12.6. The van der Waals surface area contributed by atoms with Crippen molar-refractivity contribution in [3.63, 3.8) is 0 Å². The number of hydrogen-bond donors (Lipinski definition) is 2. The zero-order valence-electron chi connectivity index (χ0n) is 25.0. The number of nitrogens with one attached hydrogen (secondary N) is 2. The van der Waals surface area contributed by atoms with Gasteiger partial charge in [-0.25, -0.2) is 31.4 Å². The van der Waals surface area contributed by atoms with Gasteiger partial charge in [-0.05, 0) is 76.7 Å². The molecule has 44 heavy (non-hydrogen) atoms. The van der Waals surface area contributed by atoms with Crippen LogP contribution in [0.3, 0.4) is 0 Å². The number of alkyl halides is 1. The van der Waals surface area contributed by atoms with E-state index in [1.807, 2.05) is 32.8 Å². The SMILES string of the molecule is CC(C)N1C(=O)N(c2ccc(NS(=O)(=O)Cc3ccc(F)cc3)c(F)c2)Cc2cnc(N[C@@H]3CC[C@H](N(C)C)[C@H](F)C3)nc21. The number of anilines is 4. The molecule has 2 N–H and O–H groups in total. The van der Waals surface area contributed by atoms with Gasteiger partial charge in [0.05, 0.1) is 18.0 Å². The first-order valence-electron chi connectivity index (χ1n) is 14.4. The molecule has 0 spiro atoms. The molecule has 14 heteroatoms. The number of nitrogens with zero attached hydrogens (tertiary/aromatic N) is 5. The summed E-state index contributed by atoms with van der Waals surface area (Å²) in [4.78, 5) is 27.5. The molecule has 3 atom stereocenters. The Kier molecular flexibility index (Phi) is 9.02. The van der Waals surface area contributed by atoms with Crippen LogP contribution in [-0.2, 0) is 22.3 Å². The maximum atomic E-state index is 15.2. The van der Waals surface area contributed by atoms with Crippen LogP contribution >= 0.6 is 0 Å². The average Bonchev–Trinajstić information content (AvgIpc) is 2.94. The van der Waals surface area contributed by atoms with Crippen molar-refractivity contribution in [2.45, 2.75) is 69.7 Å². The van der Waals surface area contributed by atoms with Gasteiger partial charge in [-0.1, -0.05) is 12.1 Å². The molecule has 1 aliphatic heterocycles. The highest BCUT2D eigenvalue weighted by molar-refractivity contribution is 7.91. The lowest BCUT2D eigenvalue weighted by molar-refractivity contribution is 0.109. The highest BCUT2D eigenvalue weighted by Gasteiger charge is 2.36. The molecule has 2 heterocycles. The Morgan fingerprint density at radius 2 is 1.82 bits per heavy atom. The molecule has 5 rings (SSSR count). The quantitative estimate of drug-likeness (QED) is 0.331. The van der Waals surface area contributed by atoms with E-state index in [4.69, 9.17) is 0 Å². The van der Waals surface area contributed by atoms with Crippen molar-refractivity contribution in [3.8, 4) is 0 Å². The predicted octanol–water partition coefficient (Wildman–Crippen LogP) is 5.28. The number of urea groups is 1. The minimum absolute atomic E-state index is 0.0627. The van der Waals surface area contributed by atoms with Crippen molar-refractivity contribution in [1.82, 2.24) is 14.9 Å². The predicted molar refractivity (Wildman–Crippen MR) is 164 cm³/mol. The van der Waals surface area contributed by atoms with Gasteiger partial charge < -0.3 is 10.2 Å². The summed E-state index contributed by atoms with van der Waals surface area (Å²) >= 11 is 0. The van der Waals surface area contributed by atoms with Gasteiger partial charge in [-0.2, -0.15) is 4.98 Å². The Morgan fingerprint density at radius 3 is 2.45 bits per heavy atom. The van der Waals surface area contributed by atoms with E-state index in [0.29, 0.717) is 35.7 Å². The summed E-state index contributed by atoms with van der Waals surface area (Å²) in [6.07, 6.45) is 2.41. The number of hydrogen-bond acceptors (Lipinski definition) is 7. The fourth-order valence-electron chi connectivity index (χ4n) is 5.67. The van der Waals surface area contributed by atoms with Crippen LogP contribution in [0.1, 0.15) is 44.2 Å². The van der Waals surface area contributed by atoms with E-state index < -0.39 is 39.6 Å². The molecule has 2 amide bonds. The number of amides is 2. The molecule has 2 aliphatic rings. The molecular weight excluding hydrogens is 595 g/mol. The number of fused-ring (bicyclic) bond motifs is 1. The Morgan fingerprint density at radius 1 is 1.09 bits per heavy atom. The summed E-state index contributed by atoms with van der Waals surface area (Å²) in [5.74, 6) is -1.11. The third-order valence-electron chi connectivity index (χ3n) is 7.89. The summed E-state index contributed by atoms with van der Waals surface area (Å²) in [5.41, 5.74) is 0.911. The van der Waals surface area contributed by atoms with Gasteiger partial charge in [0.15, 0.2) is 0 Å². The molecule has 0 saturated heterocycles. The van der Waals surface area contributed by atoms with E-state index in [1.165, 1.54) is 34.1 Å². The van der Waals surface area contributed by atoms with E-state index in [9.17, 15) is 22.0 Å². The largest absolute Gasteiger partial charge is 0.351 e. The van der Waals surface area contributed by atoms with Gasteiger partial charge in [-0.3, -0.25) is 14.5 Å². The Balaban J connectivity index is 1.32. The molecule has 1 aromatic heterocycles. The van der Waals surface area contributed by atoms with Gasteiger partial charge in [0.25, 0.3) is 0 Å². The summed E-state index contributed by atoms with van der Waals surface area (Å²) in [5, 5.41) is 3.23. The van der Waals surface area contributed by atoms with Crippen molar-refractivity contribution < 1.29 is 26.4 Å². The van der Waals surface area contributed by atoms with Crippen molar-refractivity contribution in [2.24, 2.45) is 0 Å². The van der Waals surface area contributed by atoms with Crippen LogP contribution in [0.4, 0.5) is 41.1 Å². The highest BCUT2D eigenvalue weighted by atomic mass is 32.2. The van der Waals surface area contributed by atoms with Crippen molar-refractivity contribution in [3.05, 3.63) is 71.4 Å². The Hall–Kier alpha value is -3.91. The van der Waals surface area contributed by atoms with Crippen LogP contribution in [0.2, 0.25) is 0 Å². The molecule has 3 aromatic rings. The van der Waals surface area contributed by atoms with Crippen molar-refractivity contribution in [2.75, 3.05) is 33.9 Å². The normalized spacial score (nSPS) is 20.7. The van der Waals surface area contributed by atoms with Crippen LogP contribution in [0, 0.1) is 11.6 Å². The second-order valence-electron chi connectivity index (χ2n) is 11.7. The molecule has 0 radical (unpaired) electrons. The van der Waals surface area contributed by atoms with Crippen LogP contribution < -0.4 is 19.8 Å². The van der Waals surface area contributed by atoms with Crippen molar-refractivity contribution in [1.29, 1.82) is 0 Å². The number of halogens is 3. The monoisotopic (exact) mass is 631 g/mol. The van der Waals surface area contributed by atoms with Gasteiger partial charge in [0.2, 0.25) is 16.0 Å². The fraction of sp³-hybridized carbons (Fsp3) is 0.433. The summed E-state index contributed by atoms with van der Waals surface area (Å²) < 4.78 is 70.6. The van der Waals surface area contributed by atoms with Gasteiger partial charge in [0.1, 0.15) is 23.6 Å². The maximum Gasteiger partial charge on any atom is 0.330 e. The second-order valence-corrected chi connectivity index (χ2v) is 13.5. The highest BCUT2D eigenvalue weighted by Crippen LogP contribution is 2.34. The number of carbonyl (C=O) groups excluding carboxylic acids is 1. The standard InChI is InChI=1S/C30H36F3N7O3S/c1-18(2)40-28-20(15-34-29(36-28)35-22-9-12-27(38(3)4)25(33)13-22)16-39(30(40)41)23-10-11-26(24(32)14-23)37-44(42,43)17-19-5-7-21(31)8-6-19/h5-8,10-11,14-15,18,22,25,27,37H,9,12-13,16-17H2,1-4H3,(H,34,35,36)/t22-,25-,27+/m1/s1. The number of benzene rings is 2. The number of aromatic nitrogens is 2. The minimum Gasteiger partial charge on any atom is -0.351 e. The third kappa shape index (κ3) is 6.91. The lowest BCUT2D eigenvalue weighted by atomic mass is 9.89. The molecule has 0 unspecified atom stereocenters. The van der Waals surface area contributed by atoms with E-state index in [2.05, 4.69) is 20.0 Å². The molecular formula is C30H36F3N7O3S. The Labute approximate surface area is 255 Å². The topological polar surface area (TPSA) is 111 Å². The zero-order chi connectivity index (χ0) is 31.8. The first-order chi connectivity index (χ1) is 20.8. The zero-order valence-corrected chi connectivity index (χ0v) is 25.8. The minimum atomic E-state index is -4.00. The number of rotatable bonds is 9.